The van der Waals surface area contributed by atoms with Crippen LogP contribution in [0.5, 0.6) is 0 Å². The van der Waals surface area contributed by atoms with Gasteiger partial charge in [0, 0.05) is 18.0 Å². The Balaban J connectivity index is 1.71. The molecule has 4 rings (SSSR count). The van der Waals surface area contributed by atoms with Crippen LogP contribution in [0.1, 0.15) is 17.3 Å². The van der Waals surface area contributed by atoms with E-state index in [-0.39, 0.29) is 17.2 Å². The summed E-state index contributed by atoms with van der Waals surface area (Å²) in [4.78, 5) is 44.3. The van der Waals surface area contributed by atoms with Gasteiger partial charge >= 0.3 is 5.69 Å². The molecule has 0 aliphatic rings. The maximum atomic E-state index is 12.6. The molecule has 0 spiro atoms. The Morgan fingerprint density at radius 2 is 1.66 bits per heavy atom. The minimum atomic E-state index is -0.854. The van der Waals surface area contributed by atoms with Gasteiger partial charge in [-0.1, -0.05) is 48.5 Å². The smallest absolute Gasteiger partial charge is 0.320 e. The molecule has 0 aliphatic carbocycles. The lowest BCUT2D eigenvalue weighted by Gasteiger charge is -2.24. The molecule has 0 fully saturated rings. The first kappa shape index (κ1) is 23.0. The van der Waals surface area contributed by atoms with Gasteiger partial charge in [-0.2, -0.15) is 0 Å². The van der Waals surface area contributed by atoms with Crippen molar-refractivity contribution in [1.82, 2.24) is 15.4 Å². The highest BCUT2D eigenvalue weighted by molar-refractivity contribution is 5.99. The van der Waals surface area contributed by atoms with Crippen molar-refractivity contribution in [3.63, 3.8) is 0 Å². The van der Waals surface area contributed by atoms with Crippen LogP contribution in [0, 0.1) is 20.2 Å². The Morgan fingerprint density at radius 1 is 0.943 bits per heavy atom. The van der Waals surface area contributed by atoms with Crippen LogP contribution in [0.15, 0.2) is 73.1 Å². The molecule has 0 bridgehead atoms. The highest BCUT2D eigenvalue weighted by Gasteiger charge is 2.29. The van der Waals surface area contributed by atoms with Gasteiger partial charge in [0.2, 0.25) is 11.6 Å². The second kappa shape index (κ2) is 9.79. The summed E-state index contributed by atoms with van der Waals surface area (Å²) >= 11 is 0. The quantitative estimate of drug-likeness (QED) is 0.280. The number of para-hydroxylation sites is 1. The lowest BCUT2D eigenvalue weighted by molar-refractivity contribution is -0.385. The largest absolute Gasteiger partial charge is 0.355 e. The molecule has 0 unspecified atom stereocenters. The Morgan fingerprint density at radius 3 is 2.40 bits per heavy atom. The number of benzene rings is 3. The number of nitrogens with zero attached hydrogens (tertiary/aromatic N) is 5. The molecule has 4 aromatic rings. The van der Waals surface area contributed by atoms with E-state index in [0.717, 1.165) is 17.1 Å². The molecule has 0 saturated heterocycles. The fourth-order valence-corrected chi connectivity index (χ4v) is 3.71. The summed E-state index contributed by atoms with van der Waals surface area (Å²) in [7, 11) is 0. The molecule has 12 heteroatoms. The molecule has 12 nitrogen and oxygen atoms in total. The van der Waals surface area contributed by atoms with Crippen molar-refractivity contribution in [2.45, 2.75) is 6.92 Å². The normalized spacial score (nSPS) is 10.5. The minimum Gasteiger partial charge on any atom is -0.320 e. The van der Waals surface area contributed by atoms with Crippen LogP contribution in [0.25, 0.3) is 10.8 Å². The van der Waals surface area contributed by atoms with Gasteiger partial charge in [0.25, 0.3) is 11.6 Å². The van der Waals surface area contributed by atoms with E-state index >= 15 is 0 Å². The van der Waals surface area contributed by atoms with Crippen LogP contribution in [-0.4, -0.2) is 32.3 Å². The standard InChI is InChI=1S/C23H19N7O5/c1-2-28(18-13-7-9-15-8-3-4-10-16(15)18)22-20(30(34)35)21(24-14-25-22)26-27-23(31)17-11-5-6-12-19(17)29(32)33/h3-14H,2H2,1H3,(H,27,31)(H,24,25,26). The number of nitro benzene ring substituents is 1. The van der Waals surface area contributed by atoms with Gasteiger partial charge in [0.15, 0.2) is 0 Å². The van der Waals surface area contributed by atoms with Gasteiger partial charge in [0.05, 0.1) is 15.5 Å². The third-order valence-electron chi connectivity index (χ3n) is 5.25. The number of amides is 1. The summed E-state index contributed by atoms with van der Waals surface area (Å²) in [6.07, 6.45) is 1.13. The molecule has 3 aromatic carbocycles. The Hall–Kier alpha value is -5.13. The maximum absolute atomic E-state index is 12.6. The van der Waals surface area contributed by atoms with Crippen molar-refractivity contribution in [3.8, 4) is 0 Å². The monoisotopic (exact) mass is 473 g/mol. The Bertz CT molecular complexity index is 1440. The lowest BCUT2D eigenvalue weighted by Crippen LogP contribution is -2.31. The van der Waals surface area contributed by atoms with Crippen molar-refractivity contribution in [3.05, 3.63) is 98.8 Å². The SMILES string of the molecule is CCN(c1ncnc(NNC(=O)c2ccccc2[N+](=O)[O-])c1[N+](=O)[O-])c1cccc2ccccc12. The summed E-state index contributed by atoms with van der Waals surface area (Å²) in [6.45, 7) is 2.19. The van der Waals surface area contributed by atoms with Crippen LogP contribution in [0.2, 0.25) is 0 Å². The highest BCUT2D eigenvalue weighted by atomic mass is 16.6. The van der Waals surface area contributed by atoms with Gasteiger partial charge in [-0.3, -0.25) is 35.9 Å². The van der Waals surface area contributed by atoms with Gasteiger partial charge < -0.3 is 4.90 Å². The van der Waals surface area contributed by atoms with E-state index in [4.69, 9.17) is 0 Å². The number of nitrogens with one attached hydrogen (secondary N) is 2. The first-order valence-electron chi connectivity index (χ1n) is 10.5. The number of hydrazine groups is 1. The zero-order chi connectivity index (χ0) is 24.9. The van der Waals surface area contributed by atoms with E-state index in [9.17, 15) is 25.0 Å². The molecule has 1 aromatic heterocycles. The second-order valence-electron chi connectivity index (χ2n) is 7.25. The zero-order valence-corrected chi connectivity index (χ0v) is 18.4. The molecule has 1 amide bonds. The average molecular weight is 473 g/mol. The molecule has 0 saturated carbocycles. The van der Waals surface area contributed by atoms with E-state index in [2.05, 4.69) is 20.8 Å². The summed E-state index contributed by atoms with van der Waals surface area (Å²) in [5.41, 5.74) is 4.30. The number of anilines is 3. The minimum absolute atomic E-state index is 0.0197. The van der Waals surface area contributed by atoms with Gasteiger partial charge in [0.1, 0.15) is 11.9 Å². The van der Waals surface area contributed by atoms with Gasteiger partial charge in [-0.25, -0.2) is 9.97 Å². The topological polar surface area (TPSA) is 156 Å². The number of rotatable bonds is 8. The highest BCUT2D eigenvalue weighted by Crippen LogP contribution is 2.38. The van der Waals surface area contributed by atoms with Crippen molar-refractivity contribution in [2.75, 3.05) is 16.9 Å². The number of carbonyl (C=O) groups is 1. The summed E-state index contributed by atoms with van der Waals surface area (Å²) in [6, 6.07) is 18.6. The maximum Gasteiger partial charge on any atom is 0.355 e. The average Bonchev–Trinajstić information content (AvgIpc) is 2.87. The van der Waals surface area contributed by atoms with E-state index < -0.39 is 27.1 Å². The first-order valence-corrected chi connectivity index (χ1v) is 10.5. The predicted octanol–water partition coefficient (Wildman–Crippen LogP) is 4.36. The molecule has 0 atom stereocenters. The van der Waals surface area contributed by atoms with Crippen molar-refractivity contribution < 1.29 is 14.6 Å². The summed E-state index contributed by atoms with van der Waals surface area (Å²) < 4.78 is 0. The van der Waals surface area contributed by atoms with Crippen molar-refractivity contribution in [1.29, 1.82) is 0 Å². The predicted molar refractivity (Wildman–Crippen MR) is 129 cm³/mol. The molecule has 2 N–H and O–H groups in total. The lowest BCUT2D eigenvalue weighted by atomic mass is 10.1. The second-order valence-corrected chi connectivity index (χ2v) is 7.25. The molecule has 35 heavy (non-hydrogen) atoms. The van der Waals surface area contributed by atoms with E-state index in [1.807, 2.05) is 49.4 Å². The van der Waals surface area contributed by atoms with E-state index in [1.165, 1.54) is 24.3 Å². The zero-order valence-electron chi connectivity index (χ0n) is 18.4. The number of fused-ring (bicyclic) bond motifs is 1. The fourth-order valence-electron chi connectivity index (χ4n) is 3.71. The summed E-state index contributed by atoms with van der Waals surface area (Å²) in [5, 5.41) is 25.1. The van der Waals surface area contributed by atoms with E-state index in [1.54, 1.807) is 4.90 Å². The molecule has 0 aliphatic heterocycles. The molecular weight excluding hydrogens is 454 g/mol. The Kier molecular flexibility index (Phi) is 6.44. The molecule has 1 heterocycles. The van der Waals surface area contributed by atoms with Crippen LogP contribution in [0.3, 0.4) is 0 Å². The van der Waals surface area contributed by atoms with Crippen LogP contribution >= 0.6 is 0 Å². The molecule has 0 radical (unpaired) electrons. The van der Waals surface area contributed by atoms with Gasteiger partial charge in [-0.05, 0) is 24.4 Å². The van der Waals surface area contributed by atoms with Crippen LogP contribution < -0.4 is 15.8 Å². The number of nitro groups is 2. The molecular formula is C23H19N7O5. The van der Waals surface area contributed by atoms with Crippen LogP contribution in [0.4, 0.5) is 28.7 Å². The van der Waals surface area contributed by atoms with Crippen molar-refractivity contribution in [2.24, 2.45) is 0 Å². The first-order chi connectivity index (χ1) is 16.9. The van der Waals surface area contributed by atoms with Crippen LogP contribution in [-0.2, 0) is 0 Å². The Labute approximate surface area is 198 Å². The van der Waals surface area contributed by atoms with Gasteiger partial charge in [-0.15, -0.1) is 0 Å². The summed E-state index contributed by atoms with van der Waals surface area (Å²) in [5.74, 6) is -1.11. The molecule has 176 valence electrons. The number of carbonyl (C=O) groups excluding carboxylic acids is 1. The van der Waals surface area contributed by atoms with Crippen molar-refractivity contribution >= 4 is 45.4 Å². The van der Waals surface area contributed by atoms with E-state index in [0.29, 0.717) is 12.2 Å². The fraction of sp³-hybridized carbons (Fsp3) is 0.0870. The third-order valence-corrected chi connectivity index (χ3v) is 5.25. The number of hydrogen-bond donors (Lipinski definition) is 2. The number of hydrogen-bond acceptors (Lipinski definition) is 9. The number of aromatic nitrogens is 2. The third kappa shape index (κ3) is 4.53.